The van der Waals surface area contributed by atoms with Gasteiger partial charge in [-0.05, 0) is 13.8 Å². The Bertz CT molecular complexity index is 270. The molecule has 2 unspecified atom stereocenters. The number of rotatable bonds is 4. The molecule has 0 saturated carbocycles. The molecule has 5 N–H and O–H groups in total. The first-order chi connectivity index (χ1) is 5.56. The van der Waals surface area contributed by atoms with Gasteiger partial charge in [-0.1, -0.05) is 0 Å². The summed E-state index contributed by atoms with van der Waals surface area (Å²) in [6.07, 6.45) is 0. The Hall–Kier alpha value is 0.260. The van der Waals surface area contributed by atoms with Crippen molar-refractivity contribution < 1.29 is 28.3 Å². The molecular formula is C4H13NO6P2. The predicted molar refractivity (Wildman–Crippen MR) is 46.1 cm³/mol. The zero-order valence-electron chi connectivity index (χ0n) is 7.25. The van der Waals surface area contributed by atoms with E-state index in [0.717, 1.165) is 6.92 Å². The van der Waals surface area contributed by atoms with Crippen LogP contribution in [0.2, 0.25) is 0 Å². The van der Waals surface area contributed by atoms with Crippen LogP contribution in [0.5, 0.6) is 0 Å². The van der Waals surface area contributed by atoms with Crippen LogP contribution in [0.15, 0.2) is 0 Å². The minimum absolute atomic E-state index is 0.152. The van der Waals surface area contributed by atoms with Crippen LogP contribution in [0.3, 0.4) is 0 Å². The molecule has 13 heavy (non-hydrogen) atoms. The molecule has 0 aromatic carbocycles. The van der Waals surface area contributed by atoms with Gasteiger partial charge >= 0.3 is 15.2 Å². The van der Waals surface area contributed by atoms with Gasteiger partial charge in [-0.25, -0.2) is 0 Å². The third-order valence-corrected chi connectivity index (χ3v) is 5.94. The molecule has 7 nitrogen and oxygen atoms in total. The maximum atomic E-state index is 11.2. The van der Waals surface area contributed by atoms with Gasteiger partial charge in [-0.2, -0.15) is 0 Å². The molecule has 0 radical (unpaired) electrons. The highest BCUT2D eigenvalue weighted by Crippen LogP contribution is 2.68. The molecule has 9 heteroatoms. The maximum Gasteiger partial charge on any atom is 0.359 e. The lowest BCUT2D eigenvalue weighted by atomic mass is 10.8. The molecular weight excluding hydrogens is 220 g/mol. The molecule has 0 aromatic heterocycles. The summed E-state index contributed by atoms with van der Waals surface area (Å²) in [5.41, 5.74) is 5.06. The molecule has 0 spiro atoms. The first-order valence-corrected chi connectivity index (χ1v) is 6.57. The van der Waals surface area contributed by atoms with Gasteiger partial charge in [0.05, 0.1) is 6.61 Å². The first kappa shape index (κ1) is 13.3. The van der Waals surface area contributed by atoms with E-state index in [2.05, 4.69) is 4.52 Å². The lowest BCUT2D eigenvalue weighted by molar-refractivity contribution is 0.251. The van der Waals surface area contributed by atoms with Crippen molar-refractivity contribution in [1.29, 1.82) is 0 Å². The van der Waals surface area contributed by atoms with E-state index in [1.807, 2.05) is 0 Å². The SMILES string of the molecule is CCOP(=O)(O)C(C)(N)P(=O)(O)O. The molecule has 0 rings (SSSR count). The summed E-state index contributed by atoms with van der Waals surface area (Å²) in [4.78, 5) is 26.5. The second-order valence-corrected chi connectivity index (χ2v) is 7.17. The molecule has 0 aliphatic rings. The molecule has 0 amide bonds. The van der Waals surface area contributed by atoms with Crippen LogP contribution in [0.25, 0.3) is 0 Å². The van der Waals surface area contributed by atoms with Crippen molar-refractivity contribution in [2.45, 2.75) is 18.9 Å². The summed E-state index contributed by atoms with van der Waals surface area (Å²) in [6, 6.07) is 0. The maximum absolute atomic E-state index is 11.2. The van der Waals surface area contributed by atoms with Crippen molar-refractivity contribution in [3.63, 3.8) is 0 Å². The van der Waals surface area contributed by atoms with Crippen LogP contribution >= 0.6 is 15.2 Å². The van der Waals surface area contributed by atoms with Crippen molar-refractivity contribution in [3.8, 4) is 0 Å². The van der Waals surface area contributed by atoms with Gasteiger partial charge in [0.15, 0.2) is 0 Å². The van der Waals surface area contributed by atoms with Gasteiger partial charge in [-0.3, -0.25) is 9.13 Å². The lowest BCUT2D eigenvalue weighted by Gasteiger charge is -2.29. The normalized spacial score (nSPS) is 22.0. The van der Waals surface area contributed by atoms with E-state index in [4.69, 9.17) is 20.4 Å². The third kappa shape index (κ3) is 2.60. The minimum atomic E-state index is -4.88. The Labute approximate surface area is 75.6 Å². The fraction of sp³-hybridized carbons (Fsp3) is 1.00. The van der Waals surface area contributed by atoms with Gasteiger partial charge in [0.1, 0.15) is 0 Å². The Morgan fingerprint density at radius 3 is 2.00 bits per heavy atom. The van der Waals surface area contributed by atoms with Gasteiger partial charge in [0.2, 0.25) is 5.02 Å². The summed E-state index contributed by atoms with van der Waals surface area (Å²) < 4.78 is 26.2. The zero-order chi connectivity index (χ0) is 10.9. The highest BCUT2D eigenvalue weighted by atomic mass is 31.2. The Morgan fingerprint density at radius 1 is 1.38 bits per heavy atom. The number of nitrogens with two attached hydrogens (primary N) is 1. The molecule has 0 aliphatic carbocycles. The average molecular weight is 233 g/mol. The number of hydrogen-bond acceptors (Lipinski definition) is 4. The summed E-state index contributed by atoms with van der Waals surface area (Å²) in [6.45, 7) is 2.05. The highest BCUT2D eigenvalue weighted by Gasteiger charge is 2.54. The standard InChI is InChI=1S/C4H13NO6P2/c1-3-11-13(9,10)4(2,5)12(6,7)8/h3,5H2,1-2H3,(H,9,10)(H2,6,7,8). The summed E-state index contributed by atoms with van der Waals surface area (Å²) in [7, 11) is -9.38. The largest absolute Gasteiger partial charge is 0.359 e. The van der Waals surface area contributed by atoms with Gasteiger partial charge < -0.3 is 24.9 Å². The van der Waals surface area contributed by atoms with E-state index in [0.29, 0.717) is 0 Å². The van der Waals surface area contributed by atoms with E-state index in [1.165, 1.54) is 6.92 Å². The van der Waals surface area contributed by atoms with Crippen LogP contribution in [0.4, 0.5) is 0 Å². The fourth-order valence-electron chi connectivity index (χ4n) is 0.470. The van der Waals surface area contributed by atoms with Crippen molar-refractivity contribution in [2.24, 2.45) is 5.73 Å². The second kappa shape index (κ2) is 3.79. The Morgan fingerprint density at radius 2 is 1.77 bits per heavy atom. The molecule has 0 fully saturated rings. The molecule has 0 aliphatic heterocycles. The molecule has 0 aromatic rings. The van der Waals surface area contributed by atoms with Crippen LogP contribution in [-0.2, 0) is 13.7 Å². The van der Waals surface area contributed by atoms with Gasteiger partial charge in [0.25, 0.3) is 0 Å². The van der Waals surface area contributed by atoms with E-state index in [-0.39, 0.29) is 6.61 Å². The van der Waals surface area contributed by atoms with Crippen LogP contribution in [0.1, 0.15) is 13.8 Å². The van der Waals surface area contributed by atoms with E-state index in [1.54, 1.807) is 0 Å². The lowest BCUT2D eigenvalue weighted by Crippen LogP contribution is -2.36. The topological polar surface area (TPSA) is 130 Å². The molecule has 0 bridgehead atoms. The number of hydrogen-bond donors (Lipinski definition) is 4. The van der Waals surface area contributed by atoms with Crippen LogP contribution in [0, 0.1) is 0 Å². The van der Waals surface area contributed by atoms with Crippen molar-refractivity contribution in [2.75, 3.05) is 6.61 Å². The van der Waals surface area contributed by atoms with E-state index >= 15 is 0 Å². The predicted octanol–water partition coefficient (Wildman–Crippen LogP) is 0.0184. The molecule has 2 atom stereocenters. The summed E-state index contributed by atoms with van der Waals surface area (Å²) in [5, 5.41) is -2.56. The van der Waals surface area contributed by atoms with Crippen LogP contribution < -0.4 is 5.73 Å². The minimum Gasteiger partial charge on any atom is -0.323 e. The Balaban J connectivity index is 5.05. The smallest absolute Gasteiger partial charge is 0.323 e. The van der Waals surface area contributed by atoms with Crippen molar-refractivity contribution in [3.05, 3.63) is 0 Å². The van der Waals surface area contributed by atoms with Gasteiger partial charge in [-0.15, -0.1) is 0 Å². The average Bonchev–Trinajstić information content (AvgIpc) is 1.84. The first-order valence-electron chi connectivity index (χ1n) is 3.38. The molecule has 0 saturated heterocycles. The van der Waals surface area contributed by atoms with Crippen molar-refractivity contribution >= 4 is 15.2 Å². The third-order valence-electron chi connectivity index (χ3n) is 1.47. The van der Waals surface area contributed by atoms with Crippen molar-refractivity contribution in [1.82, 2.24) is 0 Å². The monoisotopic (exact) mass is 233 g/mol. The Kier molecular flexibility index (Phi) is 3.86. The summed E-state index contributed by atoms with van der Waals surface area (Å²) >= 11 is 0. The van der Waals surface area contributed by atoms with Gasteiger partial charge in [0, 0.05) is 0 Å². The summed E-state index contributed by atoms with van der Waals surface area (Å²) in [5.74, 6) is 0. The van der Waals surface area contributed by atoms with Crippen LogP contribution in [-0.4, -0.2) is 26.3 Å². The second-order valence-electron chi connectivity index (χ2n) is 2.58. The molecule has 80 valence electrons. The quantitative estimate of drug-likeness (QED) is 0.503. The fourth-order valence-corrected chi connectivity index (χ4v) is 2.57. The highest BCUT2D eigenvalue weighted by molar-refractivity contribution is 7.72. The van der Waals surface area contributed by atoms with E-state index in [9.17, 15) is 9.13 Å². The van der Waals surface area contributed by atoms with E-state index < -0.39 is 20.2 Å². The molecule has 0 heterocycles. The zero-order valence-corrected chi connectivity index (χ0v) is 9.03.